The second-order valence-electron chi connectivity index (χ2n) is 5.74. The van der Waals surface area contributed by atoms with Gasteiger partial charge in [0.1, 0.15) is 0 Å². The Balaban J connectivity index is 1.85. The van der Waals surface area contributed by atoms with E-state index in [1.54, 1.807) is 0 Å². The summed E-state index contributed by atoms with van der Waals surface area (Å²) in [7, 11) is 0. The first-order valence-corrected chi connectivity index (χ1v) is 8.12. The lowest BCUT2D eigenvalue weighted by Crippen LogP contribution is -2.43. The van der Waals surface area contributed by atoms with Gasteiger partial charge in [-0.05, 0) is 38.0 Å². The minimum Gasteiger partial charge on any atom is -0.388 e. The monoisotopic (exact) mass is 299 g/mol. The number of hydrogen-bond donors (Lipinski definition) is 1. The van der Waals surface area contributed by atoms with E-state index in [2.05, 4.69) is 18.7 Å². The molecule has 19 heavy (non-hydrogen) atoms. The molecule has 2 nitrogen and oxygen atoms in total. The van der Waals surface area contributed by atoms with Gasteiger partial charge in [0.15, 0.2) is 0 Å². The molecule has 2 rings (SSSR count). The fourth-order valence-electron chi connectivity index (χ4n) is 2.49. The molecule has 0 aliphatic carbocycles. The third-order valence-corrected chi connectivity index (χ3v) is 4.99. The molecule has 1 aliphatic heterocycles. The molecular formula is C15H22ClNOS. The quantitative estimate of drug-likeness (QED) is 0.919. The Hall–Kier alpha value is -0.220. The maximum Gasteiger partial charge on any atom is 0.0802 e. The smallest absolute Gasteiger partial charge is 0.0802 e. The Kier molecular flexibility index (Phi) is 5.18. The van der Waals surface area contributed by atoms with Crippen molar-refractivity contribution in [2.75, 3.05) is 25.4 Å². The van der Waals surface area contributed by atoms with Gasteiger partial charge in [0.2, 0.25) is 0 Å². The summed E-state index contributed by atoms with van der Waals surface area (Å²) in [5.74, 6) is 1.18. The van der Waals surface area contributed by atoms with E-state index in [9.17, 15) is 5.11 Å². The molecule has 0 saturated carbocycles. The van der Waals surface area contributed by atoms with E-state index in [-0.39, 0.29) is 0 Å². The molecule has 1 aromatic carbocycles. The molecular weight excluding hydrogens is 278 g/mol. The van der Waals surface area contributed by atoms with Gasteiger partial charge in [0, 0.05) is 35.2 Å². The third-order valence-electron chi connectivity index (χ3n) is 3.46. The summed E-state index contributed by atoms with van der Waals surface area (Å²) in [5, 5.41) is 10.9. The highest BCUT2D eigenvalue weighted by Gasteiger charge is 2.26. The summed E-state index contributed by atoms with van der Waals surface area (Å²) in [6, 6.07) is 7.51. The van der Waals surface area contributed by atoms with Crippen LogP contribution in [-0.2, 0) is 0 Å². The average molecular weight is 300 g/mol. The lowest BCUT2D eigenvalue weighted by molar-refractivity contribution is 0.140. The van der Waals surface area contributed by atoms with Crippen LogP contribution < -0.4 is 0 Å². The largest absolute Gasteiger partial charge is 0.388 e. The van der Waals surface area contributed by atoms with Gasteiger partial charge in [0.05, 0.1) is 6.10 Å². The maximum atomic E-state index is 10.2. The van der Waals surface area contributed by atoms with Gasteiger partial charge in [-0.1, -0.05) is 23.7 Å². The molecule has 1 unspecified atom stereocenters. The van der Waals surface area contributed by atoms with Crippen LogP contribution in [0, 0.1) is 0 Å². The second kappa shape index (κ2) is 6.49. The SMILES string of the molecule is CC1(C)CN(CCC(O)c2cccc(Cl)c2)CCS1. The highest BCUT2D eigenvalue weighted by molar-refractivity contribution is 8.00. The van der Waals surface area contributed by atoms with Crippen molar-refractivity contribution < 1.29 is 5.11 Å². The summed E-state index contributed by atoms with van der Waals surface area (Å²) in [5.41, 5.74) is 0.915. The van der Waals surface area contributed by atoms with Crippen molar-refractivity contribution in [2.45, 2.75) is 31.1 Å². The summed E-state index contributed by atoms with van der Waals surface area (Å²) >= 11 is 7.99. The molecule has 4 heteroatoms. The summed E-state index contributed by atoms with van der Waals surface area (Å²) < 4.78 is 0.333. The van der Waals surface area contributed by atoms with Gasteiger partial charge < -0.3 is 10.0 Å². The van der Waals surface area contributed by atoms with E-state index < -0.39 is 6.10 Å². The van der Waals surface area contributed by atoms with Crippen LogP contribution in [0.1, 0.15) is 31.9 Å². The summed E-state index contributed by atoms with van der Waals surface area (Å²) in [6.45, 7) is 7.74. The number of benzene rings is 1. The van der Waals surface area contributed by atoms with Crippen LogP contribution in [0.4, 0.5) is 0 Å². The molecule has 0 aromatic heterocycles. The van der Waals surface area contributed by atoms with Gasteiger partial charge in [-0.3, -0.25) is 0 Å². The number of thioether (sulfide) groups is 1. The van der Waals surface area contributed by atoms with Gasteiger partial charge in [0.25, 0.3) is 0 Å². The first-order chi connectivity index (χ1) is 8.96. The molecule has 1 heterocycles. The lowest BCUT2D eigenvalue weighted by atomic mass is 10.1. The zero-order chi connectivity index (χ0) is 13.9. The standard InChI is InChI=1S/C15H22ClNOS/c1-15(2)11-17(8-9-19-15)7-6-14(18)12-4-3-5-13(16)10-12/h3-5,10,14,18H,6-9,11H2,1-2H3. The van der Waals surface area contributed by atoms with Gasteiger partial charge in [-0.15, -0.1) is 0 Å². The lowest BCUT2D eigenvalue weighted by Gasteiger charge is -2.37. The number of aliphatic hydroxyl groups is 1. The average Bonchev–Trinajstić information content (AvgIpc) is 2.35. The molecule has 0 spiro atoms. The molecule has 1 N–H and O–H groups in total. The molecule has 0 bridgehead atoms. The predicted octanol–water partition coefficient (Wildman–Crippen LogP) is 3.59. The van der Waals surface area contributed by atoms with Crippen LogP contribution in [0.2, 0.25) is 5.02 Å². The van der Waals surface area contributed by atoms with Crippen molar-refractivity contribution in [3.63, 3.8) is 0 Å². The fourth-order valence-corrected chi connectivity index (χ4v) is 3.87. The third kappa shape index (κ3) is 4.67. The minimum atomic E-state index is -0.420. The van der Waals surface area contributed by atoms with Crippen molar-refractivity contribution in [3.05, 3.63) is 34.9 Å². The van der Waals surface area contributed by atoms with Crippen molar-refractivity contribution in [3.8, 4) is 0 Å². The minimum absolute atomic E-state index is 0.333. The van der Waals surface area contributed by atoms with Crippen molar-refractivity contribution >= 4 is 23.4 Å². The normalized spacial score (nSPS) is 21.3. The Morgan fingerprint density at radius 1 is 1.47 bits per heavy atom. The Bertz CT molecular complexity index is 424. The van der Waals surface area contributed by atoms with Crippen LogP contribution in [0.15, 0.2) is 24.3 Å². The summed E-state index contributed by atoms with van der Waals surface area (Å²) in [4.78, 5) is 2.45. The zero-order valence-corrected chi connectivity index (χ0v) is 13.2. The van der Waals surface area contributed by atoms with Crippen LogP contribution in [0.25, 0.3) is 0 Å². The van der Waals surface area contributed by atoms with E-state index in [4.69, 9.17) is 11.6 Å². The fraction of sp³-hybridized carbons (Fsp3) is 0.600. The van der Waals surface area contributed by atoms with E-state index in [0.717, 1.165) is 31.6 Å². The van der Waals surface area contributed by atoms with Crippen LogP contribution in [-0.4, -0.2) is 40.1 Å². The maximum absolute atomic E-state index is 10.2. The number of halogens is 1. The van der Waals surface area contributed by atoms with Gasteiger partial charge >= 0.3 is 0 Å². The molecule has 1 aliphatic rings. The topological polar surface area (TPSA) is 23.5 Å². The molecule has 1 fully saturated rings. The van der Waals surface area contributed by atoms with Crippen LogP contribution in [0.3, 0.4) is 0 Å². The highest BCUT2D eigenvalue weighted by Crippen LogP contribution is 2.30. The van der Waals surface area contributed by atoms with Gasteiger partial charge in [-0.2, -0.15) is 11.8 Å². The number of rotatable bonds is 4. The second-order valence-corrected chi connectivity index (χ2v) is 7.98. The Morgan fingerprint density at radius 2 is 2.26 bits per heavy atom. The van der Waals surface area contributed by atoms with Crippen LogP contribution >= 0.6 is 23.4 Å². The molecule has 1 aromatic rings. The van der Waals surface area contributed by atoms with E-state index in [1.165, 1.54) is 5.75 Å². The first-order valence-electron chi connectivity index (χ1n) is 6.76. The predicted molar refractivity (Wildman–Crippen MR) is 84.0 cm³/mol. The highest BCUT2D eigenvalue weighted by atomic mass is 35.5. The molecule has 1 atom stereocenters. The van der Waals surface area contributed by atoms with E-state index in [1.807, 2.05) is 36.0 Å². The van der Waals surface area contributed by atoms with E-state index >= 15 is 0 Å². The van der Waals surface area contributed by atoms with Crippen LogP contribution in [0.5, 0.6) is 0 Å². The number of aliphatic hydroxyl groups excluding tert-OH is 1. The van der Waals surface area contributed by atoms with Crippen molar-refractivity contribution in [1.29, 1.82) is 0 Å². The number of hydrogen-bond acceptors (Lipinski definition) is 3. The Morgan fingerprint density at radius 3 is 2.95 bits per heavy atom. The molecule has 0 amide bonds. The van der Waals surface area contributed by atoms with E-state index in [0.29, 0.717) is 9.77 Å². The van der Waals surface area contributed by atoms with Gasteiger partial charge in [-0.25, -0.2) is 0 Å². The molecule has 106 valence electrons. The first kappa shape index (κ1) is 15.2. The summed E-state index contributed by atoms with van der Waals surface area (Å²) in [6.07, 6.45) is 0.345. The zero-order valence-electron chi connectivity index (χ0n) is 11.6. The van der Waals surface area contributed by atoms with Crippen molar-refractivity contribution in [2.24, 2.45) is 0 Å². The molecule has 1 saturated heterocycles. The molecule has 0 radical (unpaired) electrons. The number of nitrogens with zero attached hydrogens (tertiary/aromatic N) is 1. The Labute approximate surface area is 125 Å². The van der Waals surface area contributed by atoms with Crippen molar-refractivity contribution in [1.82, 2.24) is 4.90 Å².